The molecule has 0 aliphatic heterocycles. The summed E-state index contributed by atoms with van der Waals surface area (Å²) in [5, 5.41) is 13.3. The average molecular weight is 310 g/mol. The molecule has 0 spiro atoms. The molecule has 0 radical (unpaired) electrons. The van der Waals surface area contributed by atoms with E-state index in [1.54, 1.807) is 18.7 Å². The van der Waals surface area contributed by atoms with Crippen LogP contribution in [0, 0.1) is 13.8 Å². The molecule has 0 aliphatic rings. The van der Waals surface area contributed by atoms with E-state index in [9.17, 15) is 4.79 Å². The highest BCUT2D eigenvalue weighted by atomic mass is 32.2. The minimum absolute atomic E-state index is 0.157. The van der Waals surface area contributed by atoms with Gasteiger partial charge in [-0.1, -0.05) is 5.16 Å². The molecule has 2 heterocycles. The van der Waals surface area contributed by atoms with Gasteiger partial charge in [-0.05, 0) is 20.1 Å². The quantitative estimate of drug-likeness (QED) is 0.713. The smallest absolute Gasteiger partial charge is 0.246 e. The molecule has 1 unspecified atom stereocenters. The molecule has 0 saturated carbocycles. The number of thioether (sulfide) groups is 1. The van der Waals surface area contributed by atoms with E-state index < -0.39 is 6.04 Å². The summed E-state index contributed by atoms with van der Waals surface area (Å²) in [5.41, 5.74) is 8.17. The van der Waals surface area contributed by atoms with Crippen molar-refractivity contribution in [2.24, 2.45) is 5.73 Å². The minimum atomic E-state index is -0.780. The summed E-state index contributed by atoms with van der Waals surface area (Å²) in [7, 11) is 0. The number of rotatable bonds is 6. The van der Waals surface area contributed by atoms with Crippen LogP contribution in [-0.4, -0.2) is 32.5 Å². The lowest BCUT2D eigenvalue weighted by Crippen LogP contribution is -2.34. The van der Waals surface area contributed by atoms with Gasteiger partial charge in [-0.25, -0.2) is 0 Å². The Morgan fingerprint density at radius 3 is 2.90 bits per heavy atom. The number of aryl methyl sites for hydroxylation is 2. The molecule has 1 atom stereocenters. The van der Waals surface area contributed by atoms with Gasteiger partial charge in [-0.15, -0.1) is 0 Å². The number of carbonyl (C=O) groups is 1. The van der Waals surface area contributed by atoms with Crippen LogP contribution in [0.25, 0.3) is 0 Å². The molecule has 0 aliphatic carbocycles. The third-order valence-electron chi connectivity index (χ3n) is 2.98. The van der Waals surface area contributed by atoms with Crippen LogP contribution in [0.5, 0.6) is 0 Å². The van der Waals surface area contributed by atoms with Crippen LogP contribution in [-0.2, 0) is 17.1 Å². The molecule has 0 aromatic carbocycles. The van der Waals surface area contributed by atoms with Crippen molar-refractivity contribution in [2.45, 2.75) is 32.2 Å². The maximum absolute atomic E-state index is 12.1. The normalized spacial score (nSPS) is 12.4. The number of hydrogen-bond donors (Lipinski definition) is 3. The Hall–Kier alpha value is -1.87. The predicted octanol–water partition coefficient (Wildman–Crippen LogP) is 0.589. The number of nitrogens with one attached hydrogen (secondary N) is 2. The SMILES string of the molecule is CSCc1noc(CNC(=O)C(N)c2c(C)n[nH]c2C)n1. The number of amides is 1. The fourth-order valence-electron chi connectivity index (χ4n) is 1.97. The van der Waals surface area contributed by atoms with Crippen LogP contribution in [0.15, 0.2) is 4.52 Å². The third-order valence-corrected chi connectivity index (χ3v) is 3.52. The van der Waals surface area contributed by atoms with E-state index in [2.05, 4.69) is 25.7 Å². The van der Waals surface area contributed by atoms with Crippen molar-refractivity contribution in [2.75, 3.05) is 6.26 Å². The van der Waals surface area contributed by atoms with Gasteiger partial charge in [-0.2, -0.15) is 21.8 Å². The molecule has 1 amide bonds. The van der Waals surface area contributed by atoms with Gasteiger partial charge in [0.25, 0.3) is 0 Å². The molecule has 0 bridgehead atoms. The molecule has 8 nitrogen and oxygen atoms in total. The van der Waals surface area contributed by atoms with E-state index in [4.69, 9.17) is 10.3 Å². The number of nitrogens with two attached hydrogens (primary N) is 1. The summed E-state index contributed by atoms with van der Waals surface area (Å²) in [4.78, 5) is 16.2. The molecule has 21 heavy (non-hydrogen) atoms. The summed E-state index contributed by atoms with van der Waals surface area (Å²) in [6.45, 7) is 3.79. The summed E-state index contributed by atoms with van der Waals surface area (Å²) in [5.74, 6) is 1.33. The molecule has 2 aromatic heterocycles. The Kier molecular flexibility index (Phi) is 4.97. The molecule has 2 aromatic rings. The van der Waals surface area contributed by atoms with Crippen LogP contribution in [0.4, 0.5) is 0 Å². The Morgan fingerprint density at radius 1 is 1.52 bits per heavy atom. The number of H-pyrrole nitrogens is 1. The molecule has 9 heteroatoms. The van der Waals surface area contributed by atoms with Crippen LogP contribution >= 0.6 is 11.8 Å². The second-order valence-corrected chi connectivity index (χ2v) is 5.45. The zero-order chi connectivity index (χ0) is 15.4. The summed E-state index contributed by atoms with van der Waals surface area (Å²) in [6.07, 6.45) is 1.95. The standard InChI is InChI=1S/C12H18N6O2S/c1-6-10(7(2)17-16-6)11(13)12(19)14-4-9-15-8(5-21-3)18-20-9/h11H,4-5,13H2,1-3H3,(H,14,19)(H,16,17). The van der Waals surface area contributed by atoms with Crippen LogP contribution in [0.1, 0.15) is 34.7 Å². The van der Waals surface area contributed by atoms with Crippen LogP contribution in [0.2, 0.25) is 0 Å². The topological polar surface area (TPSA) is 123 Å². The molecular formula is C12H18N6O2S. The van der Waals surface area contributed by atoms with Gasteiger partial charge in [0.2, 0.25) is 11.8 Å². The highest BCUT2D eigenvalue weighted by Crippen LogP contribution is 2.17. The molecule has 0 fully saturated rings. The van der Waals surface area contributed by atoms with E-state index >= 15 is 0 Å². The lowest BCUT2D eigenvalue weighted by molar-refractivity contribution is -0.122. The highest BCUT2D eigenvalue weighted by molar-refractivity contribution is 7.97. The molecule has 114 valence electrons. The second-order valence-electron chi connectivity index (χ2n) is 4.58. The first-order valence-corrected chi connectivity index (χ1v) is 7.77. The number of nitrogens with zero attached hydrogens (tertiary/aromatic N) is 3. The third kappa shape index (κ3) is 3.61. The highest BCUT2D eigenvalue weighted by Gasteiger charge is 2.22. The first kappa shape index (κ1) is 15.5. The fourth-order valence-corrected chi connectivity index (χ4v) is 2.35. The zero-order valence-corrected chi connectivity index (χ0v) is 13.0. The zero-order valence-electron chi connectivity index (χ0n) is 12.1. The van der Waals surface area contributed by atoms with E-state index in [1.165, 1.54) is 0 Å². The number of hydrogen-bond acceptors (Lipinski definition) is 7. The van der Waals surface area contributed by atoms with E-state index in [-0.39, 0.29) is 12.5 Å². The van der Waals surface area contributed by atoms with Gasteiger partial charge in [0.15, 0.2) is 5.82 Å². The fraction of sp³-hybridized carbons (Fsp3) is 0.500. The minimum Gasteiger partial charge on any atom is -0.345 e. The Morgan fingerprint density at radius 2 is 2.29 bits per heavy atom. The van der Waals surface area contributed by atoms with Crippen molar-refractivity contribution >= 4 is 17.7 Å². The Balaban J connectivity index is 1.95. The monoisotopic (exact) mass is 310 g/mol. The van der Waals surface area contributed by atoms with Crippen molar-refractivity contribution in [3.63, 3.8) is 0 Å². The summed E-state index contributed by atoms with van der Waals surface area (Å²) in [6, 6.07) is -0.780. The number of carbonyl (C=O) groups excluding carboxylic acids is 1. The van der Waals surface area contributed by atoms with Gasteiger partial charge in [0, 0.05) is 11.3 Å². The first-order chi connectivity index (χ1) is 10.0. The lowest BCUT2D eigenvalue weighted by atomic mass is 10.1. The summed E-state index contributed by atoms with van der Waals surface area (Å²) < 4.78 is 5.04. The first-order valence-electron chi connectivity index (χ1n) is 6.38. The maximum atomic E-state index is 12.1. The van der Waals surface area contributed by atoms with Crippen molar-refractivity contribution in [3.05, 3.63) is 28.7 Å². The molecule has 0 saturated heterocycles. The molecular weight excluding hydrogens is 292 g/mol. The van der Waals surface area contributed by atoms with Gasteiger partial charge in [-0.3, -0.25) is 9.89 Å². The number of aromatic nitrogens is 4. The van der Waals surface area contributed by atoms with Crippen LogP contribution in [0.3, 0.4) is 0 Å². The Labute approximate surface area is 126 Å². The van der Waals surface area contributed by atoms with Gasteiger partial charge < -0.3 is 15.6 Å². The van der Waals surface area contributed by atoms with Gasteiger partial charge >= 0.3 is 0 Å². The van der Waals surface area contributed by atoms with Crippen molar-refractivity contribution in [3.8, 4) is 0 Å². The predicted molar refractivity (Wildman–Crippen MR) is 78.4 cm³/mol. The van der Waals surface area contributed by atoms with E-state index in [0.717, 1.165) is 11.4 Å². The second kappa shape index (κ2) is 6.72. The van der Waals surface area contributed by atoms with Gasteiger partial charge in [0.1, 0.15) is 6.04 Å². The Bertz CT molecular complexity index is 604. The molecule has 2 rings (SSSR count). The van der Waals surface area contributed by atoms with Crippen molar-refractivity contribution in [1.29, 1.82) is 0 Å². The lowest BCUT2D eigenvalue weighted by Gasteiger charge is -2.11. The van der Waals surface area contributed by atoms with Gasteiger partial charge in [0.05, 0.1) is 18.0 Å². The maximum Gasteiger partial charge on any atom is 0.246 e. The largest absolute Gasteiger partial charge is 0.345 e. The molecule has 4 N–H and O–H groups in total. The van der Waals surface area contributed by atoms with Crippen molar-refractivity contribution < 1.29 is 9.32 Å². The van der Waals surface area contributed by atoms with E-state index in [0.29, 0.717) is 23.0 Å². The van der Waals surface area contributed by atoms with Crippen LogP contribution < -0.4 is 11.1 Å². The summed E-state index contributed by atoms with van der Waals surface area (Å²) >= 11 is 1.60. The van der Waals surface area contributed by atoms with Crippen molar-refractivity contribution in [1.82, 2.24) is 25.7 Å². The van der Waals surface area contributed by atoms with E-state index in [1.807, 2.05) is 13.2 Å². The number of aromatic amines is 1. The average Bonchev–Trinajstić information content (AvgIpc) is 3.03.